The lowest BCUT2D eigenvalue weighted by atomic mass is 10.1. The fourth-order valence-corrected chi connectivity index (χ4v) is 2.18. The number of nitrogens with zero attached hydrogens (tertiary/aromatic N) is 2. The molecule has 98 valence electrons. The molecule has 2 amide bonds. The number of methoxy groups -OCH3 is 1. The standard InChI is InChI=1S/C11H15N3O4/c1-18-11(17)8-3-2-6-14(8)10(16)7-4-5-9(15)13-12-7/h8H,2-6H2,1H3,(H,13,15). The lowest BCUT2D eigenvalue weighted by Crippen LogP contribution is -2.46. The van der Waals surface area contributed by atoms with Crippen molar-refractivity contribution in [1.82, 2.24) is 10.3 Å². The number of amides is 2. The van der Waals surface area contributed by atoms with E-state index in [9.17, 15) is 14.4 Å². The lowest BCUT2D eigenvalue weighted by Gasteiger charge is -2.24. The molecule has 0 spiro atoms. The second-order valence-electron chi connectivity index (χ2n) is 4.27. The first-order valence-corrected chi connectivity index (χ1v) is 5.87. The van der Waals surface area contributed by atoms with Gasteiger partial charge in [-0.2, -0.15) is 5.10 Å². The molecule has 2 rings (SSSR count). The van der Waals surface area contributed by atoms with E-state index < -0.39 is 12.0 Å². The largest absolute Gasteiger partial charge is 0.467 e. The minimum atomic E-state index is -0.525. The molecule has 0 bridgehead atoms. The molecule has 0 aromatic rings. The first-order chi connectivity index (χ1) is 8.63. The molecule has 1 fully saturated rings. The van der Waals surface area contributed by atoms with E-state index in [4.69, 9.17) is 0 Å². The summed E-state index contributed by atoms with van der Waals surface area (Å²) in [5, 5.41) is 3.75. The Hall–Kier alpha value is -1.92. The summed E-state index contributed by atoms with van der Waals surface area (Å²) in [6.07, 6.45) is 1.94. The molecule has 1 unspecified atom stereocenters. The number of hydrogen-bond acceptors (Lipinski definition) is 5. The van der Waals surface area contributed by atoms with Crippen LogP contribution < -0.4 is 5.43 Å². The van der Waals surface area contributed by atoms with Gasteiger partial charge in [0, 0.05) is 19.4 Å². The number of carbonyl (C=O) groups is 3. The van der Waals surface area contributed by atoms with Gasteiger partial charge in [-0.1, -0.05) is 0 Å². The van der Waals surface area contributed by atoms with Crippen LogP contribution in [0.1, 0.15) is 25.7 Å². The highest BCUT2D eigenvalue weighted by Gasteiger charge is 2.37. The van der Waals surface area contributed by atoms with Gasteiger partial charge < -0.3 is 9.64 Å². The summed E-state index contributed by atoms with van der Waals surface area (Å²) in [5.74, 6) is -0.887. The Morgan fingerprint density at radius 1 is 1.44 bits per heavy atom. The van der Waals surface area contributed by atoms with Crippen molar-refractivity contribution in [1.29, 1.82) is 0 Å². The molecule has 2 aliphatic rings. The third kappa shape index (κ3) is 2.34. The number of ether oxygens (including phenoxy) is 1. The van der Waals surface area contributed by atoms with Crippen molar-refractivity contribution < 1.29 is 19.1 Å². The molecule has 1 atom stereocenters. The molecule has 7 heteroatoms. The highest BCUT2D eigenvalue weighted by atomic mass is 16.5. The van der Waals surface area contributed by atoms with Gasteiger partial charge in [0.1, 0.15) is 11.8 Å². The highest BCUT2D eigenvalue weighted by molar-refractivity contribution is 6.39. The Balaban J connectivity index is 2.08. The molecule has 2 aliphatic heterocycles. The Kier molecular flexibility index (Phi) is 3.59. The summed E-state index contributed by atoms with van der Waals surface area (Å²) in [6.45, 7) is 0.519. The Morgan fingerprint density at radius 3 is 2.83 bits per heavy atom. The van der Waals surface area contributed by atoms with Crippen LogP contribution in [0.15, 0.2) is 5.10 Å². The topological polar surface area (TPSA) is 88.1 Å². The van der Waals surface area contributed by atoms with E-state index in [0.29, 0.717) is 25.1 Å². The zero-order valence-electron chi connectivity index (χ0n) is 10.1. The van der Waals surface area contributed by atoms with Gasteiger partial charge in [0.25, 0.3) is 5.91 Å². The predicted molar refractivity (Wildman–Crippen MR) is 61.6 cm³/mol. The summed E-state index contributed by atoms with van der Waals surface area (Å²) < 4.78 is 4.68. The Labute approximate surface area is 104 Å². The zero-order valence-corrected chi connectivity index (χ0v) is 10.1. The number of rotatable bonds is 2. The molecule has 1 N–H and O–H groups in total. The minimum absolute atomic E-state index is 0.197. The number of hydrazone groups is 1. The van der Waals surface area contributed by atoms with Crippen LogP contribution in [0.3, 0.4) is 0 Å². The first kappa shape index (κ1) is 12.5. The summed E-state index contributed by atoms with van der Waals surface area (Å²) >= 11 is 0. The van der Waals surface area contributed by atoms with Crippen LogP contribution in [-0.4, -0.2) is 48.1 Å². The van der Waals surface area contributed by atoms with Gasteiger partial charge in [-0.25, -0.2) is 10.2 Å². The molecule has 0 aromatic heterocycles. The van der Waals surface area contributed by atoms with E-state index in [0.717, 1.165) is 6.42 Å². The quantitative estimate of drug-likeness (QED) is 0.667. The zero-order chi connectivity index (χ0) is 13.1. The molecule has 18 heavy (non-hydrogen) atoms. The van der Waals surface area contributed by atoms with Crippen molar-refractivity contribution in [3.63, 3.8) is 0 Å². The molecule has 0 aromatic carbocycles. The van der Waals surface area contributed by atoms with Crippen molar-refractivity contribution >= 4 is 23.5 Å². The second-order valence-corrected chi connectivity index (χ2v) is 4.27. The van der Waals surface area contributed by atoms with E-state index >= 15 is 0 Å². The third-order valence-electron chi connectivity index (χ3n) is 3.14. The molecule has 1 saturated heterocycles. The highest BCUT2D eigenvalue weighted by Crippen LogP contribution is 2.19. The van der Waals surface area contributed by atoms with Crippen LogP contribution in [0.5, 0.6) is 0 Å². The predicted octanol–water partition coefficient (Wildman–Crippen LogP) is -0.584. The maximum Gasteiger partial charge on any atom is 0.328 e. The van der Waals surface area contributed by atoms with Crippen molar-refractivity contribution in [3.05, 3.63) is 0 Å². The fourth-order valence-electron chi connectivity index (χ4n) is 2.18. The SMILES string of the molecule is COC(=O)C1CCCN1C(=O)C1=NNC(=O)CC1. The third-order valence-corrected chi connectivity index (χ3v) is 3.14. The Bertz CT molecular complexity index is 419. The van der Waals surface area contributed by atoms with Crippen LogP contribution in [0.2, 0.25) is 0 Å². The second kappa shape index (κ2) is 5.16. The smallest absolute Gasteiger partial charge is 0.328 e. The molecular formula is C11H15N3O4. The van der Waals surface area contributed by atoms with E-state index in [-0.39, 0.29) is 18.2 Å². The summed E-state index contributed by atoms with van der Waals surface area (Å²) in [7, 11) is 1.31. The number of likely N-dealkylation sites (tertiary alicyclic amines) is 1. The van der Waals surface area contributed by atoms with Gasteiger partial charge in [-0.3, -0.25) is 9.59 Å². The van der Waals surface area contributed by atoms with E-state index in [2.05, 4.69) is 15.3 Å². The number of carbonyl (C=O) groups excluding carboxylic acids is 3. The maximum atomic E-state index is 12.2. The number of esters is 1. The molecule has 2 heterocycles. The molecule has 0 saturated carbocycles. The molecule has 0 radical (unpaired) electrons. The van der Waals surface area contributed by atoms with Gasteiger partial charge in [-0.15, -0.1) is 0 Å². The Morgan fingerprint density at radius 2 is 2.22 bits per heavy atom. The van der Waals surface area contributed by atoms with E-state index in [1.165, 1.54) is 12.0 Å². The monoisotopic (exact) mass is 253 g/mol. The van der Waals surface area contributed by atoms with Crippen molar-refractivity contribution in [2.45, 2.75) is 31.7 Å². The molecule has 7 nitrogen and oxygen atoms in total. The van der Waals surface area contributed by atoms with E-state index in [1.54, 1.807) is 0 Å². The van der Waals surface area contributed by atoms with Gasteiger partial charge in [0.05, 0.1) is 7.11 Å². The molecular weight excluding hydrogens is 238 g/mol. The van der Waals surface area contributed by atoms with Crippen LogP contribution >= 0.6 is 0 Å². The summed E-state index contributed by atoms with van der Waals surface area (Å²) in [4.78, 5) is 36.1. The van der Waals surface area contributed by atoms with Gasteiger partial charge in [0.2, 0.25) is 5.91 Å². The maximum absolute atomic E-state index is 12.2. The normalized spacial score (nSPS) is 23.4. The van der Waals surface area contributed by atoms with Crippen molar-refractivity contribution in [3.8, 4) is 0 Å². The van der Waals surface area contributed by atoms with Crippen LogP contribution in [-0.2, 0) is 19.1 Å². The van der Waals surface area contributed by atoms with Crippen LogP contribution in [0.4, 0.5) is 0 Å². The van der Waals surface area contributed by atoms with Crippen molar-refractivity contribution in [2.75, 3.05) is 13.7 Å². The minimum Gasteiger partial charge on any atom is -0.467 e. The summed E-state index contributed by atoms with van der Waals surface area (Å²) in [6, 6.07) is -0.525. The first-order valence-electron chi connectivity index (χ1n) is 5.87. The van der Waals surface area contributed by atoms with Crippen LogP contribution in [0, 0.1) is 0 Å². The average molecular weight is 253 g/mol. The number of nitrogens with one attached hydrogen (secondary N) is 1. The molecule has 0 aliphatic carbocycles. The summed E-state index contributed by atoms with van der Waals surface area (Å²) in [5.41, 5.74) is 2.58. The van der Waals surface area contributed by atoms with E-state index in [1.807, 2.05) is 0 Å². The van der Waals surface area contributed by atoms with Crippen molar-refractivity contribution in [2.24, 2.45) is 5.10 Å². The van der Waals surface area contributed by atoms with Gasteiger partial charge >= 0.3 is 5.97 Å². The average Bonchev–Trinajstić information content (AvgIpc) is 2.87. The van der Waals surface area contributed by atoms with Gasteiger partial charge in [0.15, 0.2) is 0 Å². The van der Waals surface area contributed by atoms with Gasteiger partial charge in [-0.05, 0) is 12.8 Å². The number of hydrogen-bond donors (Lipinski definition) is 1. The van der Waals surface area contributed by atoms with Crippen LogP contribution in [0.25, 0.3) is 0 Å². The fraction of sp³-hybridized carbons (Fsp3) is 0.636. The lowest BCUT2D eigenvalue weighted by molar-refractivity contribution is -0.149.